The van der Waals surface area contributed by atoms with Crippen molar-refractivity contribution in [1.82, 2.24) is 9.80 Å². The lowest BCUT2D eigenvalue weighted by Gasteiger charge is -2.25. The van der Waals surface area contributed by atoms with E-state index in [9.17, 15) is 19.2 Å². The number of rotatable bonds is 10. The fraction of sp³-hybridized carbons (Fsp3) is 0.250. The van der Waals surface area contributed by atoms with E-state index < -0.39 is 12.1 Å². The van der Waals surface area contributed by atoms with E-state index in [4.69, 9.17) is 32.7 Å². The number of anilines is 2. The summed E-state index contributed by atoms with van der Waals surface area (Å²) < 4.78 is 10.7. The number of likely N-dealkylation sites (tertiary alicyclic amines) is 2. The van der Waals surface area contributed by atoms with Crippen LogP contribution in [0.25, 0.3) is 12.2 Å². The number of hydrogen-bond donors (Lipinski definition) is 2. The first-order valence-electron chi connectivity index (χ1n) is 16.9. The van der Waals surface area contributed by atoms with Gasteiger partial charge in [0.05, 0.1) is 25.3 Å². The molecule has 6 rings (SSSR count). The zero-order valence-electron chi connectivity index (χ0n) is 28.7. The molecule has 2 aliphatic heterocycles. The normalized spacial score (nSPS) is 16.9. The number of methoxy groups -OCH3 is 2. The molecule has 2 aliphatic rings. The van der Waals surface area contributed by atoms with Crippen LogP contribution in [0, 0.1) is 0 Å². The van der Waals surface area contributed by atoms with Gasteiger partial charge in [-0.25, -0.2) is 0 Å². The highest BCUT2D eigenvalue weighted by molar-refractivity contribution is 6.31. The molecule has 0 saturated carbocycles. The van der Waals surface area contributed by atoms with Crippen molar-refractivity contribution in [3.05, 3.63) is 117 Å². The third-order valence-electron chi connectivity index (χ3n) is 9.24. The molecule has 0 aromatic heterocycles. The number of halogens is 2. The number of carbonyl (C=O) groups is 4. The molecule has 2 saturated heterocycles. The zero-order chi connectivity index (χ0) is 36.8. The second kappa shape index (κ2) is 16.4. The van der Waals surface area contributed by atoms with Crippen molar-refractivity contribution >= 4 is 70.4 Å². The Balaban J connectivity index is 1.03. The molecule has 0 aliphatic carbocycles. The summed E-state index contributed by atoms with van der Waals surface area (Å²) >= 11 is 12.3. The standard InChI is InChI=1S/C40H38Cl2N4O6/c1-51-35-19-13-27(41)23-31(35)39(49)45-21-3-5-33(45)37(47)43-29-15-9-25(10-16-29)7-8-26-11-17-30(18-12-26)44-38(48)34-6-4-22-46(34)40(50)32-24-28(42)14-20-36(32)52-2/h7-20,23-24,33-34H,3-6,21-22H2,1-2H3,(H,43,47)(H,44,48)/t33-,34-/m0/s1. The molecular formula is C40H38Cl2N4O6. The first-order chi connectivity index (χ1) is 25.1. The Morgan fingerprint density at radius 3 is 1.37 bits per heavy atom. The topological polar surface area (TPSA) is 117 Å². The molecule has 2 atom stereocenters. The molecule has 4 amide bonds. The van der Waals surface area contributed by atoms with Crippen molar-refractivity contribution < 1.29 is 28.7 Å². The van der Waals surface area contributed by atoms with E-state index in [0.29, 0.717) is 82.8 Å². The average molecular weight is 742 g/mol. The number of carbonyl (C=O) groups excluding carboxylic acids is 4. The van der Waals surface area contributed by atoms with Gasteiger partial charge in [0.2, 0.25) is 11.8 Å². The average Bonchev–Trinajstić information content (AvgIpc) is 3.86. The highest BCUT2D eigenvalue weighted by Gasteiger charge is 2.37. The van der Waals surface area contributed by atoms with Gasteiger partial charge in [-0.05, 0) is 97.5 Å². The lowest BCUT2D eigenvalue weighted by molar-refractivity contribution is -0.120. The quantitative estimate of drug-likeness (QED) is 0.161. The third kappa shape index (κ3) is 8.25. The molecule has 0 spiro atoms. The number of benzene rings is 4. The molecule has 12 heteroatoms. The Bertz CT molecular complexity index is 1860. The van der Waals surface area contributed by atoms with Crippen molar-refractivity contribution in [2.75, 3.05) is 37.9 Å². The van der Waals surface area contributed by atoms with Crippen molar-refractivity contribution in [1.29, 1.82) is 0 Å². The molecule has 0 bridgehead atoms. The second-order valence-electron chi connectivity index (χ2n) is 12.6. The van der Waals surface area contributed by atoms with Gasteiger partial charge in [-0.1, -0.05) is 59.6 Å². The number of ether oxygens (including phenoxy) is 2. The SMILES string of the molecule is COc1ccc(Cl)cc1C(=O)N1CCC[C@H]1C(=O)Nc1ccc(C=Cc2ccc(NC(=O)[C@@H]3CCCN3C(=O)c3cc(Cl)ccc3OC)cc2)cc1. The zero-order valence-corrected chi connectivity index (χ0v) is 30.2. The Kier molecular flexibility index (Phi) is 11.5. The molecule has 0 unspecified atom stereocenters. The van der Waals surface area contributed by atoms with Crippen LogP contribution < -0.4 is 20.1 Å². The highest BCUT2D eigenvalue weighted by atomic mass is 35.5. The maximum atomic E-state index is 13.4. The minimum atomic E-state index is -0.610. The largest absolute Gasteiger partial charge is 0.496 e. The summed E-state index contributed by atoms with van der Waals surface area (Å²) in [4.78, 5) is 56.4. The van der Waals surface area contributed by atoms with Gasteiger partial charge in [0.15, 0.2) is 0 Å². The van der Waals surface area contributed by atoms with Crippen molar-refractivity contribution in [2.24, 2.45) is 0 Å². The first kappa shape index (κ1) is 36.5. The summed E-state index contributed by atoms with van der Waals surface area (Å²) in [6, 6.07) is 23.3. The van der Waals surface area contributed by atoms with Crippen LogP contribution in [0.2, 0.25) is 10.0 Å². The van der Waals surface area contributed by atoms with Crippen LogP contribution in [0.5, 0.6) is 11.5 Å². The van der Waals surface area contributed by atoms with Crippen LogP contribution in [0.1, 0.15) is 57.5 Å². The Morgan fingerprint density at radius 2 is 1.00 bits per heavy atom. The van der Waals surface area contributed by atoms with Gasteiger partial charge < -0.3 is 29.9 Å². The molecule has 4 aromatic carbocycles. The number of amides is 4. The fourth-order valence-electron chi connectivity index (χ4n) is 6.57. The van der Waals surface area contributed by atoms with Gasteiger partial charge in [0.1, 0.15) is 23.6 Å². The number of nitrogens with zero attached hydrogens (tertiary/aromatic N) is 2. The lowest BCUT2D eigenvalue weighted by Crippen LogP contribution is -2.43. The summed E-state index contributed by atoms with van der Waals surface area (Å²) in [7, 11) is 2.98. The highest BCUT2D eigenvalue weighted by Crippen LogP contribution is 2.30. The van der Waals surface area contributed by atoms with Crippen molar-refractivity contribution in [3.63, 3.8) is 0 Å². The Hall–Kier alpha value is -5.32. The monoisotopic (exact) mass is 740 g/mol. The Labute approximate surface area is 312 Å². The predicted molar refractivity (Wildman–Crippen MR) is 203 cm³/mol. The molecule has 2 fully saturated rings. The number of hydrogen-bond acceptors (Lipinski definition) is 6. The predicted octanol–water partition coefficient (Wildman–Crippen LogP) is 7.67. The van der Waals surface area contributed by atoms with Crippen molar-refractivity contribution in [3.8, 4) is 11.5 Å². The van der Waals surface area contributed by atoms with E-state index >= 15 is 0 Å². The van der Waals surface area contributed by atoms with E-state index in [-0.39, 0.29) is 23.6 Å². The van der Waals surface area contributed by atoms with Gasteiger partial charge >= 0.3 is 0 Å². The molecule has 10 nitrogen and oxygen atoms in total. The van der Waals surface area contributed by atoms with Crippen LogP contribution >= 0.6 is 23.2 Å². The maximum absolute atomic E-state index is 13.4. The van der Waals surface area contributed by atoms with Gasteiger partial charge in [-0.3, -0.25) is 19.2 Å². The molecular weight excluding hydrogens is 703 g/mol. The van der Waals surface area contributed by atoms with E-state index in [1.807, 2.05) is 60.7 Å². The van der Waals surface area contributed by atoms with Crippen LogP contribution in [-0.2, 0) is 9.59 Å². The summed E-state index contributed by atoms with van der Waals surface area (Å²) in [5.74, 6) is -0.284. The summed E-state index contributed by atoms with van der Waals surface area (Å²) in [6.45, 7) is 0.926. The van der Waals surface area contributed by atoms with Crippen LogP contribution in [0.15, 0.2) is 84.9 Å². The van der Waals surface area contributed by atoms with Crippen LogP contribution in [0.4, 0.5) is 11.4 Å². The first-order valence-corrected chi connectivity index (χ1v) is 17.7. The minimum absolute atomic E-state index is 0.254. The Morgan fingerprint density at radius 1 is 0.615 bits per heavy atom. The summed E-state index contributed by atoms with van der Waals surface area (Å²) in [6.07, 6.45) is 6.43. The summed E-state index contributed by atoms with van der Waals surface area (Å²) in [5, 5.41) is 6.72. The minimum Gasteiger partial charge on any atom is -0.496 e. The van der Waals surface area contributed by atoms with E-state index in [1.165, 1.54) is 14.2 Å². The molecule has 52 heavy (non-hydrogen) atoms. The van der Waals surface area contributed by atoms with Gasteiger partial charge in [-0.15, -0.1) is 0 Å². The molecule has 4 aromatic rings. The fourth-order valence-corrected chi connectivity index (χ4v) is 6.91. The van der Waals surface area contributed by atoms with Gasteiger partial charge in [0, 0.05) is 34.5 Å². The lowest BCUT2D eigenvalue weighted by atomic mass is 10.1. The smallest absolute Gasteiger partial charge is 0.258 e. The van der Waals surface area contributed by atoms with Gasteiger partial charge in [-0.2, -0.15) is 0 Å². The van der Waals surface area contributed by atoms with Gasteiger partial charge in [0.25, 0.3) is 11.8 Å². The molecule has 268 valence electrons. The third-order valence-corrected chi connectivity index (χ3v) is 9.71. The molecule has 0 radical (unpaired) electrons. The van der Waals surface area contributed by atoms with E-state index in [1.54, 1.807) is 46.2 Å². The molecule has 2 heterocycles. The summed E-state index contributed by atoms with van der Waals surface area (Å²) in [5.41, 5.74) is 3.73. The number of nitrogens with one attached hydrogen (secondary N) is 2. The maximum Gasteiger partial charge on any atom is 0.258 e. The van der Waals surface area contributed by atoms with E-state index in [0.717, 1.165) is 11.1 Å². The van der Waals surface area contributed by atoms with Crippen LogP contribution in [0.3, 0.4) is 0 Å². The molecule has 2 N–H and O–H groups in total. The van der Waals surface area contributed by atoms with Crippen LogP contribution in [-0.4, -0.2) is 72.8 Å². The van der Waals surface area contributed by atoms with Crippen molar-refractivity contribution in [2.45, 2.75) is 37.8 Å². The second-order valence-corrected chi connectivity index (χ2v) is 13.4. The van der Waals surface area contributed by atoms with E-state index in [2.05, 4.69) is 10.6 Å².